The molecule has 1 amide bonds. The SMILES string of the molecule is O=C1CCN(c2ccc(C(F)(F)F)cn2)C[C@@H]2C[C@H](O)CN12. The first-order valence-corrected chi connectivity index (χ1v) is 7.10. The number of nitrogens with zero attached hydrogens (tertiary/aromatic N) is 3. The Morgan fingerprint density at radius 3 is 2.68 bits per heavy atom. The molecule has 1 aromatic heterocycles. The number of amides is 1. The molecule has 120 valence electrons. The average molecular weight is 315 g/mol. The molecule has 5 nitrogen and oxygen atoms in total. The monoisotopic (exact) mass is 315 g/mol. The number of rotatable bonds is 1. The van der Waals surface area contributed by atoms with Crippen LogP contribution in [0.3, 0.4) is 0 Å². The summed E-state index contributed by atoms with van der Waals surface area (Å²) in [6.07, 6.45) is -3.38. The largest absolute Gasteiger partial charge is 0.417 e. The number of hydrogen-bond donors (Lipinski definition) is 1. The fourth-order valence-corrected chi connectivity index (χ4v) is 3.04. The van der Waals surface area contributed by atoms with Gasteiger partial charge in [-0.1, -0.05) is 0 Å². The molecule has 8 heteroatoms. The van der Waals surface area contributed by atoms with E-state index in [1.54, 1.807) is 9.80 Å². The molecule has 1 aromatic rings. The Morgan fingerprint density at radius 2 is 2.05 bits per heavy atom. The topological polar surface area (TPSA) is 56.7 Å². The van der Waals surface area contributed by atoms with Crippen molar-refractivity contribution in [2.45, 2.75) is 31.2 Å². The number of aliphatic hydroxyl groups is 1. The van der Waals surface area contributed by atoms with Gasteiger partial charge in [0, 0.05) is 32.3 Å². The molecule has 3 heterocycles. The number of fused-ring (bicyclic) bond motifs is 1. The van der Waals surface area contributed by atoms with Gasteiger partial charge in [-0.25, -0.2) is 4.98 Å². The summed E-state index contributed by atoms with van der Waals surface area (Å²) in [7, 11) is 0. The first-order valence-electron chi connectivity index (χ1n) is 7.10. The van der Waals surface area contributed by atoms with Crippen molar-refractivity contribution in [3.05, 3.63) is 23.9 Å². The minimum absolute atomic E-state index is 0.0315. The van der Waals surface area contributed by atoms with Crippen molar-refractivity contribution < 1.29 is 23.1 Å². The van der Waals surface area contributed by atoms with Crippen LogP contribution in [0.15, 0.2) is 18.3 Å². The van der Waals surface area contributed by atoms with Crippen LogP contribution in [0.5, 0.6) is 0 Å². The minimum atomic E-state index is -4.41. The normalized spacial score (nSPS) is 26.1. The van der Waals surface area contributed by atoms with Crippen LogP contribution in [0.25, 0.3) is 0 Å². The summed E-state index contributed by atoms with van der Waals surface area (Å²) in [5.74, 6) is 0.389. The number of aliphatic hydroxyl groups excluding tert-OH is 1. The van der Waals surface area contributed by atoms with Crippen LogP contribution in [-0.2, 0) is 11.0 Å². The molecule has 0 aromatic carbocycles. The lowest BCUT2D eigenvalue weighted by Crippen LogP contribution is -2.38. The number of pyridine rings is 1. The lowest BCUT2D eigenvalue weighted by Gasteiger charge is -2.26. The second kappa shape index (κ2) is 5.42. The van der Waals surface area contributed by atoms with Crippen LogP contribution < -0.4 is 4.90 Å². The predicted molar refractivity (Wildman–Crippen MR) is 72.2 cm³/mol. The standard InChI is InChI=1S/C14H16F3N3O2/c15-14(16,17)9-1-2-12(18-6-9)19-4-3-13(22)20-8-11(21)5-10(20)7-19/h1-2,6,10-11,21H,3-5,7-8H2/t10-,11-/m0/s1. The Hall–Kier alpha value is -1.83. The highest BCUT2D eigenvalue weighted by Gasteiger charge is 2.38. The van der Waals surface area contributed by atoms with Crippen molar-refractivity contribution in [3.63, 3.8) is 0 Å². The van der Waals surface area contributed by atoms with Gasteiger partial charge in [-0.05, 0) is 18.6 Å². The number of carbonyl (C=O) groups is 1. The van der Waals surface area contributed by atoms with Crippen LogP contribution in [0.2, 0.25) is 0 Å². The molecule has 0 unspecified atom stereocenters. The van der Waals surface area contributed by atoms with Crippen LogP contribution >= 0.6 is 0 Å². The second-order valence-electron chi connectivity index (χ2n) is 5.69. The molecule has 2 aliphatic heterocycles. The number of aromatic nitrogens is 1. The second-order valence-corrected chi connectivity index (χ2v) is 5.69. The number of carbonyl (C=O) groups excluding carboxylic acids is 1. The molecule has 2 saturated heterocycles. The van der Waals surface area contributed by atoms with E-state index in [4.69, 9.17) is 0 Å². The Morgan fingerprint density at radius 1 is 1.27 bits per heavy atom. The number of alkyl halides is 3. The van der Waals surface area contributed by atoms with E-state index >= 15 is 0 Å². The van der Waals surface area contributed by atoms with Crippen molar-refractivity contribution in [2.75, 3.05) is 24.5 Å². The Balaban J connectivity index is 1.78. The van der Waals surface area contributed by atoms with Gasteiger partial charge >= 0.3 is 6.18 Å². The first-order chi connectivity index (χ1) is 10.3. The lowest BCUT2D eigenvalue weighted by molar-refractivity contribution is -0.137. The summed E-state index contributed by atoms with van der Waals surface area (Å²) >= 11 is 0. The zero-order valence-electron chi connectivity index (χ0n) is 11.8. The van der Waals surface area contributed by atoms with Crippen molar-refractivity contribution in [2.24, 2.45) is 0 Å². The highest BCUT2D eigenvalue weighted by molar-refractivity contribution is 5.78. The van der Waals surface area contributed by atoms with Crippen LogP contribution in [0, 0.1) is 0 Å². The van der Waals surface area contributed by atoms with Crippen molar-refractivity contribution in [1.82, 2.24) is 9.88 Å². The van der Waals surface area contributed by atoms with Crippen molar-refractivity contribution in [1.29, 1.82) is 0 Å². The third-order valence-electron chi connectivity index (χ3n) is 4.14. The molecule has 0 spiro atoms. The fraction of sp³-hybridized carbons (Fsp3) is 0.571. The van der Waals surface area contributed by atoms with E-state index in [0.29, 0.717) is 31.9 Å². The number of anilines is 1. The molecule has 2 atom stereocenters. The summed E-state index contributed by atoms with van der Waals surface area (Å²) in [6, 6.07) is 2.21. The van der Waals surface area contributed by atoms with Gasteiger partial charge in [0.15, 0.2) is 0 Å². The molecular weight excluding hydrogens is 299 g/mol. The fourth-order valence-electron chi connectivity index (χ4n) is 3.04. The summed E-state index contributed by atoms with van der Waals surface area (Å²) in [5, 5.41) is 9.70. The van der Waals surface area contributed by atoms with Gasteiger partial charge in [0.2, 0.25) is 5.91 Å². The maximum absolute atomic E-state index is 12.6. The summed E-state index contributed by atoms with van der Waals surface area (Å²) in [4.78, 5) is 19.4. The molecule has 2 fully saturated rings. The van der Waals surface area contributed by atoms with Gasteiger partial charge in [-0.2, -0.15) is 13.2 Å². The van der Waals surface area contributed by atoms with E-state index in [9.17, 15) is 23.1 Å². The summed E-state index contributed by atoms with van der Waals surface area (Å²) in [6.45, 7) is 1.22. The molecule has 0 radical (unpaired) electrons. The van der Waals surface area contributed by atoms with Gasteiger partial charge in [0.25, 0.3) is 0 Å². The third-order valence-corrected chi connectivity index (χ3v) is 4.14. The maximum atomic E-state index is 12.6. The quantitative estimate of drug-likeness (QED) is 0.848. The Bertz CT molecular complexity index is 561. The molecule has 0 saturated carbocycles. The average Bonchev–Trinajstić information content (AvgIpc) is 2.76. The zero-order valence-corrected chi connectivity index (χ0v) is 11.8. The van der Waals surface area contributed by atoms with E-state index in [-0.39, 0.29) is 18.4 Å². The molecule has 0 aliphatic carbocycles. The number of halogens is 3. The smallest absolute Gasteiger partial charge is 0.391 e. The van der Waals surface area contributed by atoms with Crippen molar-refractivity contribution in [3.8, 4) is 0 Å². The van der Waals surface area contributed by atoms with Crippen LogP contribution in [-0.4, -0.2) is 52.7 Å². The Labute approximate surface area is 125 Å². The van der Waals surface area contributed by atoms with Gasteiger partial charge < -0.3 is 14.9 Å². The van der Waals surface area contributed by atoms with Gasteiger partial charge in [0.05, 0.1) is 17.7 Å². The highest BCUT2D eigenvalue weighted by atomic mass is 19.4. The van der Waals surface area contributed by atoms with E-state index in [1.165, 1.54) is 6.07 Å². The van der Waals surface area contributed by atoms with E-state index in [0.717, 1.165) is 12.3 Å². The molecule has 0 bridgehead atoms. The molecule has 2 aliphatic rings. The third kappa shape index (κ3) is 2.87. The Kier molecular flexibility index (Phi) is 3.72. The lowest BCUT2D eigenvalue weighted by atomic mass is 10.2. The van der Waals surface area contributed by atoms with Gasteiger partial charge in [0.1, 0.15) is 5.82 Å². The van der Waals surface area contributed by atoms with Crippen LogP contribution in [0.4, 0.5) is 19.0 Å². The summed E-state index contributed by atoms with van der Waals surface area (Å²) in [5.41, 5.74) is -0.792. The molecule has 3 rings (SSSR count). The first kappa shape index (κ1) is 15.1. The van der Waals surface area contributed by atoms with Crippen molar-refractivity contribution >= 4 is 11.7 Å². The van der Waals surface area contributed by atoms with E-state index in [2.05, 4.69) is 4.98 Å². The van der Waals surface area contributed by atoms with E-state index < -0.39 is 17.8 Å². The molecule has 1 N–H and O–H groups in total. The van der Waals surface area contributed by atoms with Crippen LogP contribution in [0.1, 0.15) is 18.4 Å². The van der Waals surface area contributed by atoms with Gasteiger partial charge in [-0.3, -0.25) is 4.79 Å². The molecular formula is C14H16F3N3O2. The van der Waals surface area contributed by atoms with Gasteiger partial charge in [-0.15, -0.1) is 0 Å². The minimum Gasteiger partial charge on any atom is -0.391 e. The predicted octanol–water partition coefficient (Wildman–Crippen LogP) is 1.27. The zero-order chi connectivity index (χ0) is 15.9. The number of hydrogen-bond acceptors (Lipinski definition) is 4. The molecule has 22 heavy (non-hydrogen) atoms. The summed E-state index contributed by atoms with van der Waals surface area (Å²) < 4.78 is 37.7. The highest BCUT2D eigenvalue weighted by Crippen LogP contribution is 2.30. The van der Waals surface area contributed by atoms with E-state index in [1.807, 2.05) is 0 Å². The maximum Gasteiger partial charge on any atom is 0.417 e.